The lowest BCUT2D eigenvalue weighted by Gasteiger charge is -2.18. The van der Waals surface area contributed by atoms with Crippen LogP contribution in [0, 0.1) is 11.8 Å². The number of carbonyl (C=O) groups excluding carboxylic acids is 1. The van der Waals surface area contributed by atoms with E-state index in [9.17, 15) is 14.7 Å². The number of carboxylic acids is 1. The largest absolute Gasteiger partial charge is 0.481 e. The van der Waals surface area contributed by atoms with E-state index in [1.807, 2.05) is 12.1 Å². The molecular weight excluding hydrogens is 314 g/mol. The Bertz CT molecular complexity index is 626. The Morgan fingerprint density at radius 1 is 1.22 bits per heavy atom. The summed E-state index contributed by atoms with van der Waals surface area (Å²) >= 11 is 5.90. The Kier molecular flexibility index (Phi) is 4.71. The first-order valence-corrected chi connectivity index (χ1v) is 8.35. The van der Waals surface area contributed by atoms with Crippen molar-refractivity contribution in [2.45, 2.75) is 25.2 Å². The SMILES string of the molecule is O=C(O)[C@@H]1CN(C(=O)CC2C=CCC2)C[C@H]1c1ccc(Cl)cc1. The lowest BCUT2D eigenvalue weighted by molar-refractivity contribution is -0.141. The predicted molar refractivity (Wildman–Crippen MR) is 88.4 cm³/mol. The first-order chi connectivity index (χ1) is 11.0. The number of likely N-dealkylation sites (tertiary alicyclic amines) is 1. The van der Waals surface area contributed by atoms with Crippen molar-refractivity contribution < 1.29 is 14.7 Å². The number of allylic oxidation sites excluding steroid dienone is 2. The third-order valence-corrected chi connectivity index (χ3v) is 5.09. The van der Waals surface area contributed by atoms with Crippen LogP contribution in [-0.4, -0.2) is 35.0 Å². The summed E-state index contributed by atoms with van der Waals surface area (Å²) in [7, 11) is 0. The van der Waals surface area contributed by atoms with Gasteiger partial charge in [-0.25, -0.2) is 0 Å². The van der Waals surface area contributed by atoms with Gasteiger partial charge in [-0.05, 0) is 36.5 Å². The number of hydrogen-bond acceptors (Lipinski definition) is 2. The number of benzene rings is 1. The van der Waals surface area contributed by atoms with Gasteiger partial charge >= 0.3 is 5.97 Å². The van der Waals surface area contributed by atoms with Crippen molar-refractivity contribution >= 4 is 23.5 Å². The van der Waals surface area contributed by atoms with Crippen LogP contribution in [0.5, 0.6) is 0 Å². The summed E-state index contributed by atoms with van der Waals surface area (Å²) < 4.78 is 0. The van der Waals surface area contributed by atoms with Gasteiger partial charge in [-0.1, -0.05) is 35.9 Å². The van der Waals surface area contributed by atoms with Crippen LogP contribution in [0.3, 0.4) is 0 Å². The highest BCUT2D eigenvalue weighted by Crippen LogP contribution is 2.34. The molecule has 1 unspecified atom stereocenters. The molecule has 3 rings (SSSR count). The third-order valence-electron chi connectivity index (χ3n) is 4.84. The van der Waals surface area contributed by atoms with Crippen LogP contribution in [-0.2, 0) is 9.59 Å². The van der Waals surface area contributed by atoms with Crippen molar-refractivity contribution in [3.05, 3.63) is 47.0 Å². The van der Waals surface area contributed by atoms with Crippen LogP contribution < -0.4 is 0 Å². The molecule has 0 spiro atoms. The smallest absolute Gasteiger partial charge is 0.308 e. The number of hydrogen-bond donors (Lipinski definition) is 1. The molecule has 1 fully saturated rings. The zero-order valence-electron chi connectivity index (χ0n) is 12.8. The van der Waals surface area contributed by atoms with E-state index >= 15 is 0 Å². The molecule has 1 aromatic carbocycles. The van der Waals surface area contributed by atoms with Crippen molar-refractivity contribution in [2.24, 2.45) is 11.8 Å². The second-order valence-corrected chi connectivity index (χ2v) is 6.81. The van der Waals surface area contributed by atoms with Crippen molar-refractivity contribution in [3.8, 4) is 0 Å². The Balaban J connectivity index is 1.72. The van der Waals surface area contributed by atoms with Crippen molar-refractivity contribution in [3.63, 3.8) is 0 Å². The zero-order chi connectivity index (χ0) is 16.4. The maximum atomic E-state index is 12.5. The normalized spacial score (nSPS) is 26.7. The van der Waals surface area contributed by atoms with Crippen molar-refractivity contribution in [1.82, 2.24) is 4.90 Å². The number of nitrogens with zero attached hydrogens (tertiary/aromatic N) is 1. The molecule has 1 aromatic rings. The Morgan fingerprint density at radius 3 is 2.57 bits per heavy atom. The van der Waals surface area contributed by atoms with Gasteiger partial charge in [0.2, 0.25) is 5.91 Å². The Labute approximate surface area is 140 Å². The van der Waals surface area contributed by atoms with E-state index in [1.165, 1.54) is 0 Å². The highest BCUT2D eigenvalue weighted by atomic mass is 35.5. The Hall–Kier alpha value is -1.81. The fourth-order valence-corrected chi connectivity index (χ4v) is 3.65. The molecule has 23 heavy (non-hydrogen) atoms. The van der Waals surface area contributed by atoms with Gasteiger partial charge in [0.1, 0.15) is 0 Å². The number of carbonyl (C=O) groups is 2. The quantitative estimate of drug-likeness (QED) is 0.860. The molecule has 5 heteroatoms. The average Bonchev–Trinajstić information content (AvgIpc) is 3.17. The van der Waals surface area contributed by atoms with Crippen molar-refractivity contribution in [2.75, 3.05) is 13.1 Å². The average molecular weight is 334 g/mol. The van der Waals surface area contributed by atoms with Crippen LogP contribution in [0.1, 0.15) is 30.7 Å². The first kappa shape index (κ1) is 16.1. The molecule has 4 nitrogen and oxygen atoms in total. The zero-order valence-corrected chi connectivity index (χ0v) is 13.6. The van der Waals surface area contributed by atoms with Crippen LogP contribution in [0.2, 0.25) is 5.02 Å². The van der Waals surface area contributed by atoms with Crippen LogP contribution in [0.4, 0.5) is 0 Å². The molecule has 1 aliphatic carbocycles. The summed E-state index contributed by atoms with van der Waals surface area (Å²) in [6.07, 6.45) is 6.74. The molecule has 0 saturated carbocycles. The third kappa shape index (κ3) is 3.58. The molecule has 0 radical (unpaired) electrons. The molecule has 122 valence electrons. The summed E-state index contributed by atoms with van der Waals surface area (Å²) in [5.74, 6) is -1.21. The van der Waals surface area contributed by atoms with Gasteiger partial charge < -0.3 is 10.0 Å². The lowest BCUT2D eigenvalue weighted by atomic mass is 9.89. The van der Waals surface area contributed by atoms with E-state index in [1.54, 1.807) is 17.0 Å². The minimum atomic E-state index is -0.846. The van der Waals surface area contributed by atoms with E-state index in [4.69, 9.17) is 11.6 Å². The molecule has 0 bridgehead atoms. The van der Waals surface area contributed by atoms with E-state index < -0.39 is 11.9 Å². The minimum Gasteiger partial charge on any atom is -0.481 e. The molecule has 3 atom stereocenters. The van der Waals surface area contributed by atoms with Crippen LogP contribution in [0.25, 0.3) is 0 Å². The maximum absolute atomic E-state index is 12.5. The van der Waals surface area contributed by atoms with E-state index in [0.29, 0.717) is 23.9 Å². The molecule has 1 N–H and O–H groups in total. The second-order valence-electron chi connectivity index (χ2n) is 6.37. The fourth-order valence-electron chi connectivity index (χ4n) is 3.52. The summed E-state index contributed by atoms with van der Waals surface area (Å²) in [5, 5.41) is 10.1. The lowest BCUT2D eigenvalue weighted by Crippen LogP contribution is -2.30. The summed E-state index contributed by atoms with van der Waals surface area (Å²) in [5.41, 5.74) is 0.929. The second kappa shape index (κ2) is 6.75. The molecule has 1 aliphatic heterocycles. The monoisotopic (exact) mass is 333 g/mol. The number of aliphatic carboxylic acids is 1. The molecule has 2 aliphatic rings. The molecule has 1 heterocycles. The highest BCUT2D eigenvalue weighted by Gasteiger charge is 2.40. The predicted octanol–water partition coefficient (Wildman–Crippen LogP) is 3.32. The standard InChI is InChI=1S/C18H20ClNO3/c19-14-7-5-13(6-8-14)15-10-20(11-16(15)18(22)23)17(21)9-12-3-1-2-4-12/h1,3,5-8,12,15-16H,2,4,9-11H2,(H,22,23)/t12?,15-,16+/m0/s1. The summed E-state index contributed by atoms with van der Waals surface area (Å²) in [6.45, 7) is 0.756. The van der Waals surface area contributed by atoms with Gasteiger partial charge in [-0.3, -0.25) is 9.59 Å². The summed E-state index contributed by atoms with van der Waals surface area (Å²) in [6, 6.07) is 7.25. The number of halogens is 1. The first-order valence-electron chi connectivity index (χ1n) is 7.97. The Morgan fingerprint density at radius 2 is 1.96 bits per heavy atom. The number of rotatable bonds is 4. The van der Waals surface area contributed by atoms with Crippen LogP contribution >= 0.6 is 11.6 Å². The maximum Gasteiger partial charge on any atom is 0.308 e. The van der Waals surface area contributed by atoms with Gasteiger partial charge in [0.15, 0.2) is 0 Å². The van der Waals surface area contributed by atoms with Gasteiger partial charge in [-0.2, -0.15) is 0 Å². The number of carboxylic acid groups (broad SMARTS) is 1. The van der Waals surface area contributed by atoms with Crippen molar-refractivity contribution in [1.29, 1.82) is 0 Å². The molecular formula is C18H20ClNO3. The molecule has 1 saturated heterocycles. The van der Waals surface area contributed by atoms with Gasteiger partial charge in [0.25, 0.3) is 0 Å². The fraction of sp³-hybridized carbons (Fsp3) is 0.444. The van der Waals surface area contributed by atoms with Gasteiger partial charge in [0.05, 0.1) is 5.92 Å². The minimum absolute atomic E-state index is 0.0595. The van der Waals surface area contributed by atoms with E-state index in [-0.39, 0.29) is 18.4 Å². The van der Waals surface area contributed by atoms with Gasteiger partial charge in [-0.15, -0.1) is 0 Å². The number of amides is 1. The van der Waals surface area contributed by atoms with Crippen LogP contribution in [0.15, 0.2) is 36.4 Å². The van der Waals surface area contributed by atoms with E-state index in [0.717, 1.165) is 18.4 Å². The van der Waals surface area contributed by atoms with Gasteiger partial charge in [0, 0.05) is 30.5 Å². The topological polar surface area (TPSA) is 57.6 Å². The summed E-state index contributed by atoms with van der Waals surface area (Å²) in [4.78, 5) is 25.8. The molecule has 1 amide bonds. The highest BCUT2D eigenvalue weighted by molar-refractivity contribution is 6.30. The van der Waals surface area contributed by atoms with E-state index in [2.05, 4.69) is 12.2 Å². The molecule has 0 aromatic heterocycles.